The number of aryl methyl sites for hydroxylation is 1. The number of carbonyl (C=O) groups is 1. The zero-order valence-electron chi connectivity index (χ0n) is 9.97. The normalized spacial score (nSPS) is 25.8. The van der Waals surface area contributed by atoms with Crippen molar-refractivity contribution in [3.63, 3.8) is 0 Å². The van der Waals surface area contributed by atoms with Crippen LogP contribution in [0.25, 0.3) is 0 Å². The van der Waals surface area contributed by atoms with Crippen molar-refractivity contribution in [1.29, 1.82) is 0 Å². The number of piperazine rings is 1. The quantitative estimate of drug-likeness (QED) is 0.740. The summed E-state index contributed by atoms with van der Waals surface area (Å²) in [5, 5.41) is 7.43. The lowest BCUT2D eigenvalue weighted by atomic mass is 10.1. The lowest BCUT2D eigenvalue weighted by Crippen LogP contribution is -2.56. The Balaban J connectivity index is 2.13. The fourth-order valence-electron chi connectivity index (χ4n) is 2.24. The van der Waals surface area contributed by atoms with E-state index in [1.54, 1.807) is 24.0 Å². The predicted molar refractivity (Wildman–Crippen MR) is 61.2 cm³/mol. The second-order valence-corrected chi connectivity index (χ2v) is 4.52. The van der Waals surface area contributed by atoms with Gasteiger partial charge in [-0.1, -0.05) is 0 Å². The van der Waals surface area contributed by atoms with Crippen molar-refractivity contribution < 1.29 is 4.79 Å². The van der Waals surface area contributed by atoms with Crippen LogP contribution in [-0.4, -0.2) is 45.8 Å². The molecule has 0 spiro atoms. The minimum atomic E-state index is 0.0696. The Labute approximate surface area is 95.4 Å². The summed E-state index contributed by atoms with van der Waals surface area (Å²) in [6, 6.07) is 2.46. The smallest absolute Gasteiger partial charge is 0.272 e. The molecule has 5 nitrogen and oxygen atoms in total. The minimum absolute atomic E-state index is 0.0696. The van der Waals surface area contributed by atoms with Crippen LogP contribution in [0.1, 0.15) is 24.3 Å². The van der Waals surface area contributed by atoms with Gasteiger partial charge in [-0.25, -0.2) is 0 Å². The van der Waals surface area contributed by atoms with Crippen LogP contribution in [0.3, 0.4) is 0 Å². The average Bonchev–Trinajstić information content (AvgIpc) is 2.62. The van der Waals surface area contributed by atoms with E-state index >= 15 is 0 Å². The molecule has 0 aliphatic carbocycles. The summed E-state index contributed by atoms with van der Waals surface area (Å²) in [7, 11) is 1.79. The van der Waals surface area contributed by atoms with Crippen molar-refractivity contribution in [1.82, 2.24) is 20.0 Å². The maximum absolute atomic E-state index is 12.2. The lowest BCUT2D eigenvalue weighted by molar-refractivity contribution is 0.0662. The number of nitrogens with zero attached hydrogens (tertiary/aromatic N) is 3. The zero-order valence-corrected chi connectivity index (χ0v) is 9.97. The van der Waals surface area contributed by atoms with Crippen LogP contribution in [0.2, 0.25) is 0 Å². The second-order valence-electron chi connectivity index (χ2n) is 4.52. The van der Waals surface area contributed by atoms with E-state index in [1.165, 1.54) is 0 Å². The molecule has 1 N–H and O–H groups in total. The largest absolute Gasteiger partial charge is 0.334 e. The highest BCUT2D eigenvalue weighted by atomic mass is 16.2. The molecule has 1 fully saturated rings. The third kappa shape index (κ3) is 2.09. The van der Waals surface area contributed by atoms with E-state index in [0.717, 1.165) is 13.1 Å². The number of amides is 1. The van der Waals surface area contributed by atoms with Gasteiger partial charge in [-0.2, -0.15) is 5.10 Å². The van der Waals surface area contributed by atoms with Gasteiger partial charge in [0.05, 0.1) is 0 Å². The molecular formula is C11H18N4O. The Hall–Kier alpha value is -1.36. The number of aromatic nitrogens is 2. The second kappa shape index (κ2) is 4.25. The summed E-state index contributed by atoms with van der Waals surface area (Å²) in [5.74, 6) is 0.0696. The van der Waals surface area contributed by atoms with Crippen molar-refractivity contribution in [2.75, 3.05) is 13.1 Å². The van der Waals surface area contributed by atoms with E-state index in [2.05, 4.69) is 24.3 Å². The highest BCUT2D eigenvalue weighted by Crippen LogP contribution is 2.09. The Bertz CT molecular complexity index is 377. The SMILES string of the molecule is CC1CN(C(=O)c2ccnn2C)CC(C)N1. The third-order valence-corrected chi connectivity index (χ3v) is 2.88. The van der Waals surface area contributed by atoms with Crippen LogP contribution in [0.15, 0.2) is 12.3 Å². The first-order chi connectivity index (χ1) is 7.58. The van der Waals surface area contributed by atoms with Crippen LogP contribution >= 0.6 is 0 Å². The summed E-state index contributed by atoms with van der Waals surface area (Å²) in [6.45, 7) is 5.71. The van der Waals surface area contributed by atoms with Gasteiger partial charge in [-0.05, 0) is 19.9 Å². The third-order valence-electron chi connectivity index (χ3n) is 2.88. The van der Waals surface area contributed by atoms with Gasteiger partial charge in [-0.15, -0.1) is 0 Å². The summed E-state index contributed by atoms with van der Waals surface area (Å²) in [5.41, 5.74) is 0.654. The number of rotatable bonds is 1. The van der Waals surface area contributed by atoms with Gasteiger partial charge >= 0.3 is 0 Å². The summed E-state index contributed by atoms with van der Waals surface area (Å²) >= 11 is 0. The van der Waals surface area contributed by atoms with Crippen molar-refractivity contribution in [2.24, 2.45) is 7.05 Å². The fraction of sp³-hybridized carbons (Fsp3) is 0.636. The maximum Gasteiger partial charge on any atom is 0.272 e. The fourth-order valence-corrected chi connectivity index (χ4v) is 2.24. The number of carbonyl (C=O) groups excluding carboxylic acids is 1. The first-order valence-corrected chi connectivity index (χ1v) is 5.61. The molecular weight excluding hydrogens is 204 g/mol. The number of hydrogen-bond donors (Lipinski definition) is 1. The monoisotopic (exact) mass is 222 g/mol. The highest BCUT2D eigenvalue weighted by molar-refractivity contribution is 5.92. The van der Waals surface area contributed by atoms with Crippen molar-refractivity contribution >= 4 is 5.91 Å². The van der Waals surface area contributed by atoms with Crippen molar-refractivity contribution in [2.45, 2.75) is 25.9 Å². The van der Waals surface area contributed by atoms with Gasteiger partial charge in [0, 0.05) is 38.4 Å². The summed E-state index contributed by atoms with van der Waals surface area (Å²) in [4.78, 5) is 14.1. The van der Waals surface area contributed by atoms with Crippen LogP contribution in [0.4, 0.5) is 0 Å². The van der Waals surface area contributed by atoms with Gasteiger partial charge in [0.25, 0.3) is 5.91 Å². The molecule has 0 bridgehead atoms. The lowest BCUT2D eigenvalue weighted by Gasteiger charge is -2.36. The van der Waals surface area contributed by atoms with E-state index in [4.69, 9.17) is 0 Å². The Morgan fingerprint density at radius 3 is 2.56 bits per heavy atom. The van der Waals surface area contributed by atoms with E-state index < -0.39 is 0 Å². The molecule has 88 valence electrons. The van der Waals surface area contributed by atoms with Crippen molar-refractivity contribution in [3.8, 4) is 0 Å². The molecule has 2 atom stereocenters. The molecule has 2 heterocycles. The topological polar surface area (TPSA) is 50.2 Å². The molecule has 0 radical (unpaired) electrons. The number of hydrogen-bond acceptors (Lipinski definition) is 3. The molecule has 2 unspecified atom stereocenters. The van der Waals surface area contributed by atoms with E-state index in [-0.39, 0.29) is 5.91 Å². The first-order valence-electron chi connectivity index (χ1n) is 5.61. The molecule has 1 aliphatic rings. The number of nitrogens with one attached hydrogen (secondary N) is 1. The first kappa shape index (κ1) is 11.1. The van der Waals surface area contributed by atoms with Gasteiger partial charge in [0.2, 0.25) is 0 Å². The molecule has 0 saturated carbocycles. The summed E-state index contributed by atoms with van der Waals surface area (Å²) in [6.07, 6.45) is 1.66. The Kier molecular flexibility index (Phi) is 2.96. The summed E-state index contributed by atoms with van der Waals surface area (Å²) < 4.78 is 1.62. The Morgan fingerprint density at radius 1 is 1.44 bits per heavy atom. The minimum Gasteiger partial charge on any atom is -0.334 e. The molecule has 1 aromatic rings. The zero-order chi connectivity index (χ0) is 11.7. The van der Waals surface area contributed by atoms with Gasteiger partial charge in [-0.3, -0.25) is 9.48 Å². The highest BCUT2D eigenvalue weighted by Gasteiger charge is 2.26. The van der Waals surface area contributed by atoms with Crippen LogP contribution < -0.4 is 5.32 Å². The van der Waals surface area contributed by atoms with Crippen LogP contribution in [-0.2, 0) is 7.05 Å². The predicted octanol–water partition coefficient (Wildman–Crippen LogP) is 0.242. The van der Waals surface area contributed by atoms with Gasteiger partial charge in [0.1, 0.15) is 5.69 Å². The molecule has 2 rings (SSSR count). The average molecular weight is 222 g/mol. The molecule has 1 aliphatic heterocycles. The van der Waals surface area contributed by atoms with E-state index in [9.17, 15) is 4.79 Å². The van der Waals surface area contributed by atoms with Crippen molar-refractivity contribution in [3.05, 3.63) is 18.0 Å². The molecule has 0 aromatic carbocycles. The standard InChI is InChI=1S/C11H18N4O/c1-8-6-15(7-9(2)13-8)11(16)10-4-5-12-14(10)3/h4-5,8-9,13H,6-7H2,1-3H3. The van der Waals surface area contributed by atoms with Crippen LogP contribution in [0.5, 0.6) is 0 Å². The van der Waals surface area contributed by atoms with Crippen LogP contribution in [0, 0.1) is 0 Å². The van der Waals surface area contributed by atoms with E-state index in [1.807, 2.05) is 4.90 Å². The maximum atomic E-state index is 12.2. The molecule has 5 heteroatoms. The Morgan fingerprint density at radius 2 is 2.06 bits per heavy atom. The van der Waals surface area contributed by atoms with Gasteiger partial charge < -0.3 is 10.2 Å². The van der Waals surface area contributed by atoms with E-state index in [0.29, 0.717) is 17.8 Å². The molecule has 1 amide bonds. The molecule has 1 saturated heterocycles. The molecule has 16 heavy (non-hydrogen) atoms. The van der Waals surface area contributed by atoms with Gasteiger partial charge in [0.15, 0.2) is 0 Å². The molecule has 1 aromatic heterocycles.